The van der Waals surface area contributed by atoms with E-state index in [1.54, 1.807) is 24.3 Å². The number of hydrogen-bond donors (Lipinski definition) is 0. The van der Waals surface area contributed by atoms with E-state index in [-0.39, 0.29) is 17.9 Å². The highest BCUT2D eigenvalue weighted by molar-refractivity contribution is 7.91. The molecule has 0 aromatic heterocycles. The van der Waals surface area contributed by atoms with Crippen molar-refractivity contribution < 1.29 is 17.9 Å². The number of nitrogens with zero attached hydrogens (tertiary/aromatic N) is 1. The lowest BCUT2D eigenvalue weighted by Crippen LogP contribution is -2.47. The average molecular weight is 387 g/mol. The third-order valence-corrected chi connectivity index (χ3v) is 5.61. The number of halogens is 3. The zero-order chi connectivity index (χ0) is 16.5. The van der Waals surface area contributed by atoms with Crippen LogP contribution in [0.4, 0.5) is 5.69 Å². The molecule has 1 aromatic carbocycles. The SMILES string of the molecule is COc1ccccc1N(C(=O)C(Cl)(Cl)Cl)C1CCS(=O)(=O)C1. The number of hydrogen-bond acceptors (Lipinski definition) is 4. The maximum absolute atomic E-state index is 12.5. The Morgan fingerprint density at radius 1 is 1.32 bits per heavy atom. The van der Waals surface area contributed by atoms with E-state index in [0.29, 0.717) is 11.4 Å². The van der Waals surface area contributed by atoms with Crippen molar-refractivity contribution >= 4 is 56.2 Å². The zero-order valence-corrected chi connectivity index (χ0v) is 14.7. The van der Waals surface area contributed by atoms with Crippen LogP contribution in [0.3, 0.4) is 0 Å². The number of alkyl halides is 3. The Kier molecular flexibility index (Phi) is 5.16. The molecule has 1 aliphatic rings. The molecule has 0 bridgehead atoms. The van der Waals surface area contributed by atoms with Crippen LogP contribution in [-0.2, 0) is 14.6 Å². The quantitative estimate of drug-likeness (QED) is 0.749. The molecule has 0 N–H and O–H groups in total. The van der Waals surface area contributed by atoms with E-state index in [1.165, 1.54) is 12.0 Å². The Hall–Kier alpha value is -0.690. The number of anilines is 1. The number of ether oxygens (including phenoxy) is 1. The van der Waals surface area contributed by atoms with Crippen LogP contribution in [0.5, 0.6) is 5.75 Å². The van der Waals surface area contributed by atoms with Crippen molar-refractivity contribution in [3.05, 3.63) is 24.3 Å². The minimum atomic E-state index is -3.21. The summed E-state index contributed by atoms with van der Waals surface area (Å²) >= 11 is 17.2. The highest BCUT2D eigenvalue weighted by atomic mass is 35.6. The number of amides is 1. The average Bonchev–Trinajstić information content (AvgIpc) is 2.78. The van der Waals surface area contributed by atoms with Gasteiger partial charge in [-0.3, -0.25) is 4.79 Å². The monoisotopic (exact) mass is 385 g/mol. The second kappa shape index (κ2) is 6.43. The molecule has 1 unspecified atom stereocenters. The molecule has 1 aromatic rings. The normalized spacial score (nSPS) is 20.6. The van der Waals surface area contributed by atoms with Crippen LogP contribution in [0.1, 0.15) is 6.42 Å². The lowest BCUT2D eigenvalue weighted by molar-refractivity contribution is -0.118. The topological polar surface area (TPSA) is 63.7 Å². The number of methoxy groups -OCH3 is 1. The maximum atomic E-state index is 12.5. The fourth-order valence-electron chi connectivity index (χ4n) is 2.42. The van der Waals surface area contributed by atoms with Gasteiger partial charge in [-0.1, -0.05) is 46.9 Å². The number of para-hydroxylation sites is 2. The molecule has 22 heavy (non-hydrogen) atoms. The minimum Gasteiger partial charge on any atom is -0.495 e. The summed E-state index contributed by atoms with van der Waals surface area (Å²) < 4.78 is 26.5. The first kappa shape index (κ1) is 17.7. The molecule has 2 rings (SSSR count). The summed E-state index contributed by atoms with van der Waals surface area (Å²) in [5, 5.41) is 0. The Balaban J connectivity index is 2.49. The molecule has 0 radical (unpaired) electrons. The molecule has 1 atom stereocenters. The van der Waals surface area contributed by atoms with Crippen molar-refractivity contribution in [1.82, 2.24) is 0 Å². The molecule has 122 valence electrons. The van der Waals surface area contributed by atoms with E-state index in [9.17, 15) is 13.2 Å². The van der Waals surface area contributed by atoms with Gasteiger partial charge in [-0.25, -0.2) is 8.42 Å². The molecule has 0 saturated carbocycles. The van der Waals surface area contributed by atoms with Crippen LogP contribution in [0, 0.1) is 0 Å². The third kappa shape index (κ3) is 3.79. The van der Waals surface area contributed by atoms with E-state index in [4.69, 9.17) is 39.5 Å². The molecule has 1 fully saturated rings. The van der Waals surface area contributed by atoms with Crippen molar-refractivity contribution in [3.8, 4) is 5.75 Å². The smallest absolute Gasteiger partial charge is 0.279 e. The van der Waals surface area contributed by atoms with Gasteiger partial charge in [0.1, 0.15) is 5.75 Å². The van der Waals surface area contributed by atoms with Gasteiger partial charge in [0.05, 0.1) is 30.3 Å². The van der Waals surface area contributed by atoms with E-state index in [2.05, 4.69) is 0 Å². The van der Waals surface area contributed by atoms with Crippen molar-refractivity contribution in [2.24, 2.45) is 0 Å². The van der Waals surface area contributed by atoms with Crippen LogP contribution in [-0.4, -0.2) is 42.8 Å². The second-order valence-electron chi connectivity index (χ2n) is 4.90. The summed E-state index contributed by atoms with van der Waals surface area (Å²) in [6.45, 7) is 0. The molecule has 1 aliphatic heterocycles. The number of rotatable bonds is 3. The van der Waals surface area contributed by atoms with Gasteiger partial charge in [0.15, 0.2) is 9.84 Å². The van der Waals surface area contributed by atoms with Gasteiger partial charge >= 0.3 is 0 Å². The molecule has 5 nitrogen and oxygen atoms in total. The molecular formula is C13H14Cl3NO4S. The summed E-state index contributed by atoms with van der Waals surface area (Å²) in [7, 11) is -1.76. The first-order chi connectivity index (χ1) is 10.2. The number of carbonyl (C=O) groups excluding carboxylic acids is 1. The van der Waals surface area contributed by atoms with Gasteiger partial charge < -0.3 is 9.64 Å². The highest BCUT2D eigenvalue weighted by Gasteiger charge is 2.43. The van der Waals surface area contributed by atoms with Crippen LogP contribution < -0.4 is 9.64 Å². The number of sulfone groups is 1. The lowest BCUT2D eigenvalue weighted by Gasteiger charge is -2.31. The number of benzene rings is 1. The van der Waals surface area contributed by atoms with E-state index in [1.807, 2.05) is 0 Å². The first-order valence-corrected chi connectivity index (χ1v) is 9.35. The van der Waals surface area contributed by atoms with Gasteiger partial charge in [0.2, 0.25) is 0 Å². The first-order valence-electron chi connectivity index (χ1n) is 6.39. The van der Waals surface area contributed by atoms with Gasteiger partial charge in [-0.2, -0.15) is 0 Å². The largest absolute Gasteiger partial charge is 0.495 e. The van der Waals surface area contributed by atoms with Crippen molar-refractivity contribution in [1.29, 1.82) is 0 Å². The maximum Gasteiger partial charge on any atom is 0.279 e. The molecule has 0 aliphatic carbocycles. The van der Waals surface area contributed by atoms with Crippen LogP contribution >= 0.6 is 34.8 Å². The van der Waals surface area contributed by atoms with E-state index in [0.717, 1.165) is 0 Å². The Morgan fingerprint density at radius 2 is 1.95 bits per heavy atom. The summed E-state index contributed by atoms with van der Waals surface area (Å²) in [4.78, 5) is 13.7. The Morgan fingerprint density at radius 3 is 2.45 bits per heavy atom. The summed E-state index contributed by atoms with van der Waals surface area (Å²) in [6, 6.07) is 6.10. The van der Waals surface area contributed by atoms with Gasteiger partial charge in [-0.15, -0.1) is 0 Å². The molecule has 0 spiro atoms. The van der Waals surface area contributed by atoms with Crippen LogP contribution in [0.25, 0.3) is 0 Å². The van der Waals surface area contributed by atoms with E-state index >= 15 is 0 Å². The number of carbonyl (C=O) groups is 1. The molecule has 9 heteroatoms. The fourth-order valence-corrected chi connectivity index (χ4v) is 4.39. The Labute approximate surface area is 144 Å². The zero-order valence-electron chi connectivity index (χ0n) is 11.6. The third-order valence-electron chi connectivity index (χ3n) is 3.38. The van der Waals surface area contributed by atoms with Crippen LogP contribution in [0.2, 0.25) is 0 Å². The van der Waals surface area contributed by atoms with Gasteiger partial charge in [0.25, 0.3) is 9.70 Å². The fraction of sp³-hybridized carbons (Fsp3) is 0.462. The molecule has 1 amide bonds. The molecule has 1 saturated heterocycles. The van der Waals surface area contributed by atoms with Gasteiger partial charge in [-0.05, 0) is 18.6 Å². The lowest BCUT2D eigenvalue weighted by atomic mass is 10.1. The van der Waals surface area contributed by atoms with Crippen LogP contribution in [0.15, 0.2) is 24.3 Å². The predicted octanol–water partition coefficient (Wildman–Crippen LogP) is 2.59. The Bertz CT molecular complexity index is 672. The minimum absolute atomic E-state index is 0.00352. The predicted molar refractivity (Wildman–Crippen MR) is 87.8 cm³/mol. The van der Waals surface area contributed by atoms with Gasteiger partial charge in [0, 0.05) is 0 Å². The highest BCUT2D eigenvalue weighted by Crippen LogP contribution is 2.37. The standard InChI is InChI=1S/C13H14Cl3NO4S/c1-21-11-5-3-2-4-10(11)17(12(18)13(14,15)16)9-6-7-22(19,20)8-9/h2-5,9H,6-8H2,1H3. The van der Waals surface area contributed by atoms with Crippen molar-refractivity contribution in [2.45, 2.75) is 16.3 Å². The van der Waals surface area contributed by atoms with E-state index < -0.39 is 25.6 Å². The summed E-state index contributed by atoms with van der Waals surface area (Å²) in [6.07, 6.45) is 0.285. The van der Waals surface area contributed by atoms with Crippen molar-refractivity contribution in [2.75, 3.05) is 23.5 Å². The molecule has 1 heterocycles. The van der Waals surface area contributed by atoms with Crippen molar-refractivity contribution in [3.63, 3.8) is 0 Å². The second-order valence-corrected chi connectivity index (χ2v) is 9.41. The molecular weight excluding hydrogens is 373 g/mol. The summed E-state index contributed by atoms with van der Waals surface area (Å²) in [5.74, 6) is -0.577. The summed E-state index contributed by atoms with van der Waals surface area (Å²) in [5.41, 5.74) is 0.378.